The van der Waals surface area contributed by atoms with E-state index in [2.05, 4.69) is 36.2 Å². The monoisotopic (exact) mass is 306 g/mol. The standard InChI is InChI=1S/C18H30N2S/c1-3-16-11-19-18(15-7-5-4-6-8-15)13-20(16)12-17-10-9-14(2)21-17/h9-10,15-16,18-19H,3-8,11-13H2,1-2H3. The van der Waals surface area contributed by atoms with Crippen molar-refractivity contribution in [3.8, 4) is 0 Å². The molecule has 2 unspecified atom stereocenters. The molecule has 3 heteroatoms. The zero-order valence-electron chi connectivity index (χ0n) is 13.6. The highest BCUT2D eigenvalue weighted by Gasteiger charge is 2.32. The lowest BCUT2D eigenvalue weighted by atomic mass is 9.82. The second-order valence-corrected chi connectivity index (χ2v) is 8.29. The van der Waals surface area contributed by atoms with Crippen molar-refractivity contribution in [2.24, 2.45) is 5.92 Å². The number of piperazine rings is 1. The normalized spacial score (nSPS) is 28.9. The number of nitrogens with zero attached hydrogens (tertiary/aromatic N) is 1. The maximum Gasteiger partial charge on any atom is 0.0332 e. The highest BCUT2D eigenvalue weighted by Crippen LogP contribution is 2.29. The van der Waals surface area contributed by atoms with Crippen LogP contribution in [-0.2, 0) is 6.54 Å². The molecule has 0 amide bonds. The third kappa shape index (κ3) is 3.88. The Morgan fingerprint density at radius 3 is 2.71 bits per heavy atom. The Bertz CT molecular complexity index is 436. The van der Waals surface area contributed by atoms with E-state index >= 15 is 0 Å². The fraction of sp³-hybridized carbons (Fsp3) is 0.778. The van der Waals surface area contributed by atoms with Crippen LogP contribution in [0.4, 0.5) is 0 Å². The summed E-state index contributed by atoms with van der Waals surface area (Å²) in [7, 11) is 0. The first-order valence-corrected chi connectivity index (χ1v) is 9.60. The second kappa shape index (κ2) is 7.26. The summed E-state index contributed by atoms with van der Waals surface area (Å²) in [4.78, 5) is 5.73. The molecule has 1 N–H and O–H groups in total. The van der Waals surface area contributed by atoms with Crippen molar-refractivity contribution in [2.45, 2.75) is 71.0 Å². The Morgan fingerprint density at radius 1 is 1.24 bits per heavy atom. The molecule has 1 aliphatic carbocycles. The van der Waals surface area contributed by atoms with Gasteiger partial charge in [-0.25, -0.2) is 0 Å². The van der Waals surface area contributed by atoms with Crippen molar-refractivity contribution in [3.63, 3.8) is 0 Å². The van der Waals surface area contributed by atoms with Gasteiger partial charge in [-0.15, -0.1) is 11.3 Å². The molecule has 1 aromatic rings. The topological polar surface area (TPSA) is 15.3 Å². The van der Waals surface area contributed by atoms with Crippen LogP contribution >= 0.6 is 11.3 Å². The van der Waals surface area contributed by atoms with E-state index in [1.165, 1.54) is 61.4 Å². The first kappa shape index (κ1) is 15.5. The van der Waals surface area contributed by atoms with Gasteiger partial charge in [-0.1, -0.05) is 26.2 Å². The summed E-state index contributed by atoms with van der Waals surface area (Å²) >= 11 is 1.97. The van der Waals surface area contributed by atoms with Crippen molar-refractivity contribution in [1.29, 1.82) is 0 Å². The van der Waals surface area contributed by atoms with Gasteiger partial charge in [-0.05, 0) is 44.2 Å². The van der Waals surface area contributed by atoms with Crippen LogP contribution in [0, 0.1) is 12.8 Å². The first-order chi connectivity index (χ1) is 10.3. The van der Waals surface area contributed by atoms with Crippen LogP contribution in [0.1, 0.15) is 55.2 Å². The predicted octanol–water partition coefficient (Wildman–Crippen LogP) is 4.19. The molecule has 1 aliphatic heterocycles. The molecule has 2 heterocycles. The lowest BCUT2D eigenvalue weighted by Gasteiger charge is -2.43. The molecule has 2 fully saturated rings. The molecule has 2 atom stereocenters. The van der Waals surface area contributed by atoms with E-state index < -0.39 is 0 Å². The van der Waals surface area contributed by atoms with Crippen molar-refractivity contribution in [3.05, 3.63) is 21.9 Å². The van der Waals surface area contributed by atoms with Gasteiger partial charge in [0.05, 0.1) is 0 Å². The molecule has 2 nitrogen and oxygen atoms in total. The largest absolute Gasteiger partial charge is 0.311 e. The van der Waals surface area contributed by atoms with Crippen LogP contribution in [0.25, 0.3) is 0 Å². The van der Waals surface area contributed by atoms with Crippen molar-refractivity contribution in [1.82, 2.24) is 10.2 Å². The molecular weight excluding hydrogens is 276 g/mol. The summed E-state index contributed by atoms with van der Waals surface area (Å²) in [5.74, 6) is 0.920. The van der Waals surface area contributed by atoms with Crippen LogP contribution < -0.4 is 5.32 Å². The zero-order chi connectivity index (χ0) is 14.7. The number of thiophene rings is 1. The predicted molar refractivity (Wildman–Crippen MR) is 91.9 cm³/mol. The minimum absolute atomic E-state index is 0.715. The van der Waals surface area contributed by atoms with E-state index in [9.17, 15) is 0 Å². The third-order valence-electron chi connectivity index (χ3n) is 5.41. The third-order valence-corrected chi connectivity index (χ3v) is 6.39. The maximum absolute atomic E-state index is 3.87. The quantitative estimate of drug-likeness (QED) is 0.897. The van der Waals surface area contributed by atoms with Crippen molar-refractivity contribution < 1.29 is 0 Å². The number of aryl methyl sites for hydroxylation is 1. The minimum atomic E-state index is 0.715. The van der Waals surface area contributed by atoms with Crippen molar-refractivity contribution >= 4 is 11.3 Å². The van der Waals surface area contributed by atoms with Gasteiger partial charge in [-0.2, -0.15) is 0 Å². The highest BCUT2D eigenvalue weighted by molar-refractivity contribution is 7.11. The summed E-state index contributed by atoms with van der Waals surface area (Å²) < 4.78 is 0. The van der Waals surface area contributed by atoms with Gasteiger partial charge in [-0.3, -0.25) is 4.90 Å². The molecule has 2 aliphatic rings. The van der Waals surface area contributed by atoms with Gasteiger partial charge < -0.3 is 5.32 Å². The summed E-state index contributed by atoms with van der Waals surface area (Å²) in [6.45, 7) is 8.14. The Balaban J connectivity index is 1.63. The molecular formula is C18H30N2S. The lowest BCUT2D eigenvalue weighted by molar-refractivity contribution is 0.0882. The van der Waals surface area contributed by atoms with Crippen LogP contribution in [-0.4, -0.2) is 30.1 Å². The Kier molecular flexibility index (Phi) is 5.36. The van der Waals surface area contributed by atoms with E-state index in [0.717, 1.165) is 18.5 Å². The van der Waals surface area contributed by atoms with Gasteiger partial charge in [0.2, 0.25) is 0 Å². The molecule has 1 saturated heterocycles. The van der Waals surface area contributed by atoms with Crippen LogP contribution in [0.15, 0.2) is 12.1 Å². The SMILES string of the molecule is CCC1CNC(C2CCCCC2)CN1Cc1ccc(C)s1. The average Bonchev–Trinajstić information content (AvgIpc) is 2.93. The molecule has 3 rings (SSSR count). The van der Waals surface area contributed by atoms with Crippen LogP contribution in [0.5, 0.6) is 0 Å². The van der Waals surface area contributed by atoms with E-state index in [4.69, 9.17) is 0 Å². The summed E-state index contributed by atoms with van der Waals surface area (Å²) in [6.07, 6.45) is 8.50. The Hall–Kier alpha value is -0.380. The molecule has 0 aromatic carbocycles. The fourth-order valence-electron chi connectivity index (χ4n) is 4.10. The van der Waals surface area contributed by atoms with Gasteiger partial charge >= 0.3 is 0 Å². The average molecular weight is 307 g/mol. The lowest BCUT2D eigenvalue weighted by Crippen LogP contribution is -2.58. The fourth-order valence-corrected chi connectivity index (χ4v) is 5.02. The molecule has 0 radical (unpaired) electrons. The molecule has 1 saturated carbocycles. The number of hydrogen-bond donors (Lipinski definition) is 1. The van der Waals surface area contributed by atoms with E-state index in [1.807, 2.05) is 11.3 Å². The van der Waals surface area contributed by atoms with Crippen LogP contribution in [0.2, 0.25) is 0 Å². The molecule has 118 valence electrons. The maximum atomic E-state index is 3.87. The Labute approximate surface area is 133 Å². The molecule has 0 spiro atoms. The molecule has 21 heavy (non-hydrogen) atoms. The first-order valence-electron chi connectivity index (χ1n) is 8.79. The van der Waals surface area contributed by atoms with Gasteiger partial charge in [0.25, 0.3) is 0 Å². The highest BCUT2D eigenvalue weighted by atomic mass is 32.1. The minimum Gasteiger partial charge on any atom is -0.311 e. The number of rotatable bonds is 4. The van der Waals surface area contributed by atoms with E-state index in [0.29, 0.717) is 6.04 Å². The summed E-state index contributed by atoms with van der Waals surface area (Å²) in [6, 6.07) is 6.04. The zero-order valence-corrected chi connectivity index (χ0v) is 14.4. The number of nitrogens with one attached hydrogen (secondary N) is 1. The molecule has 0 bridgehead atoms. The molecule has 1 aromatic heterocycles. The Morgan fingerprint density at radius 2 is 2.05 bits per heavy atom. The summed E-state index contributed by atoms with van der Waals surface area (Å²) in [5.41, 5.74) is 0. The van der Waals surface area contributed by atoms with Crippen LogP contribution in [0.3, 0.4) is 0 Å². The van der Waals surface area contributed by atoms with E-state index in [-0.39, 0.29) is 0 Å². The van der Waals surface area contributed by atoms with Crippen molar-refractivity contribution in [2.75, 3.05) is 13.1 Å². The van der Waals surface area contributed by atoms with Gasteiger partial charge in [0, 0.05) is 41.5 Å². The van der Waals surface area contributed by atoms with Gasteiger partial charge in [0.15, 0.2) is 0 Å². The second-order valence-electron chi connectivity index (χ2n) is 6.92. The smallest absolute Gasteiger partial charge is 0.0332 e. The number of hydrogen-bond acceptors (Lipinski definition) is 3. The van der Waals surface area contributed by atoms with Gasteiger partial charge in [0.1, 0.15) is 0 Å². The summed E-state index contributed by atoms with van der Waals surface area (Å²) in [5, 5.41) is 3.87. The van der Waals surface area contributed by atoms with E-state index in [1.54, 1.807) is 0 Å².